The summed E-state index contributed by atoms with van der Waals surface area (Å²) in [6, 6.07) is 0.845. The highest BCUT2D eigenvalue weighted by Gasteiger charge is 2.44. The molecule has 20 nitrogen and oxygen atoms in total. The zero-order chi connectivity index (χ0) is 56.5. The van der Waals surface area contributed by atoms with Crippen LogP contribution in [0.15, 0.2) is 0 Å². The van der Waals surface area contributed by atoms with Gasteiger partial charge in [-0.25, -0.2) is 0 Å². The molecular weight excluding hydrogens is 961 g/mol. The monoisotopic (exact) mass is 1060 g/mol. The highest BCUT2D eigenvalue weighted by atomic mass is 16.5. The van der Waals surface area contributed by atoms with E-state index in [4.69, 9.17) is 39.4 Å². The Morgan fingerprint density at radius 2 is 0.618 bits per heavy atom. The van der Waals surface area contributed by atoms with Crippen molar-refractivity contribution in [1.29, 1.82) is 0 Å². The Hall–Kier alpha value is -4.40. The normalized spacial score (nSPS) is 22.7. The molecule has 430 valence electrons. The number of unbranched alkanes of at least 4 members (excludes halogenated alkanes) is 1. The standard InChI is InChI=1S/C56H102N16O4/c1-49(2)29-37(30-50(3,4)65-49)69(17)45-59-43(60-46(63-45)70(18)38-31-51(5,6)66-52(7,8)32-38)57-25-27-75-41(73)23-21-22-24-42(74)76-28-26-58-44-61-47(71(19)39-33-53(9,10)67-54(11,12)34-39)64-48(62-44)72(20)40-35-55(13,14)68-56(15,16)36-40/h37-40,65-68H,21-36H2,1-20H3,(H,57,59,60,63)(H,58,61,62,64). The van der Waals surface area contributed by atoms with Crippen LogP contribution in [0.1, 0.15) is 188 Å². The van der Waals surface area contributed by atoms with Crippen molar-refractivity contribution in [3.05, 3.63) is 0 Å². The predicted molar refractivity (Wildman–Crippen MR) is 308 cm³/mol. The summed E-state index contributed by atoms with van der Waals surface area (Å²) in [7, 11) is 8.32. The summed E-state index contributed by atoms with van der Waals surface area (Å²) in [5, 5.41) is 21.8. The Labute approximate surface area is 457 Å². The fourth-order valence-corrected chi connectivity index (χ4v) is 13.7. The van der Waals surface area contributed by atoms with E-state index in [1.165, 1.54) is 0 Å². The number of anilines is 6. The molecule has 0 amide bonds. The number of carbonyl (C=O) groups is 2. The van der Waals surface area contributed by atoms with E-state index in [1.54, 1.807) is 0 Å². The molecule has 0 atom stereocenters. The van der Waals surface area contributed by atoms with Crippen molar-refractivity contribution in [1.82, 2.24) is 51.2 Å². The predicted octanol–water partition coefficient (Wildman–Crippen LogP) is 7.21. The number of aromatic nitrogens is 6. The van der Waals surface area contributed by atoms with E-state index in [9.17, 15) is 9.59 Å². The number of piperidine rings is 4. The quantitative estimate of drug-likeness (QED) is 0.0538. The van der Waals surface area contributed by atoms with Crippen molar-refractivity contribution in [3.8, 4) is 0 Å². The molecule has 0 aliphatic carbocycles. The van der Waals surface area contributed by atoms with Gasteiger partial charge in [0.05, 0.1) is 13.1 Å². The number of ether oxygens (including phenoxy) is 2. The maximum atomic E-state index is 12.9. The number of carbonyl (C=O) groups excluding carboxylic acids is 2. The third kappa shape index (κ3) is 17.6. The molecule has 4 saturated heterocycles. The first-order chi connectivity index (χ1) is 34.9. The fraction of sp³-hybridized carbons (Fsp3) is 0.857. The molecule has 0 radical (unpaired) electrons. The van der Waals surface area contributed by atoms with Gasteiger partial charge in [-0.05, 0) is 175 Å². The van der Waals surface area contributed by atoms with Gasteiger partial charge in [-0.3, -0.25) is 9.59 Å². The highest BCUT2D eigenvalue weighted by molar-refractivity contribution is 5.70. The molecule has 6 heterocycles. The average molecular weight is 1060 g/mol. The minimum atomic E-state index is -0.323. The Balaban J connectivity index is 0.985. The third-order valence-electron chi connectivity index (χ3n) is 15.7. The summed E-state index contributed by atoms with van der Waals surface area (Å²) in [4.78, 5) is 64.4. The number of rotatable bonds is 21. The van der Waals surface area contributed by atoms with Gasteiger partial charge in [-0.15, -0.1) is 0 Å². The summed E-state index contributed by atoms with van der Waals surface area (Å²) in [5.74, 6) is 2.66. The number of esters is 2. The molecule has 0 unspecified atom stereocenters. The molecule has 4 fully saturated rings. The lowest BCUT2D eigenvalue weighted by Crippen LogP contribution is -2.62. The number of nitrogens with zero attached hydrogens (tertiary/aromatic N) is 10. The number of hydrogen-bond acceptors (Lipinski definition) is 20. The van der Waals surface area contributed by atoms with Crippen LogP contribution >= 0.6 is 0 Å². The first kappa shape index (κ1) is 60.8. The van der Waals surface area contributed by atoms with Crippen molar-refractivity contribution in [3.63, 3.8) is 0 Å². The molecule has 76 heavy (non-hydrogen) atoms. The molecule has 4 aliphatic heterocycles. The third-order valence-corrected chi connectivity index (χ3v) is 15.7. The van der Waals surface area contributed by atoms with E-state index < -0.39 is 0 Å². The molecule has 0 aromatic carbocycles. The van der Waals surface area contributed by atoms with E-state index >= 15 is 0 Å². The van der Waals surface area contributed by atoms with Gasteiger partial charge in [0, 0.05) is 110 Å². The van der Waals surface area contributed by atoms with E-state index in [1.807, 2.05) is 0 Å². The van der Waals surface area contributed by atoms with Crippen LogP contribution in [0.2, 0.25) is 0 Å². The van der Waals surface area contributed by atoms with Crippen LogP contribution in [0, 0.1) is 0 Å². The van der Waals surface area contributed by atoms with Gasteiger partial charge in [0.1, 0.15) is 13.2 Å². The Kier molecular flexibility index (Phi) is 18.5. The van der Waals surface area contributed by atoms with E-state index in [0.29, 0.717) is 61.6 Å². The fourth-order valence-electron chi connectivity index (χ4n) is 13.7. The molecule has 4 aliphatic rings. The van der Waals surface area contributed by atoms with Crippen molar-refractivity contribution in [2.75, 3.05) is 84.7 Å². The van der Waals surface area contributed by atoms with Crippen LogP contribution in [0.3, 0.4) is 0 Å². The lowest BCUT2D eigenvalue weighted by Gasteiger charge is -2.49. The van der Waals surface area contributed by atoms with Crippen molar-refractivity contribution >= 4 is 47.6 Å². The summed E-state index contributed by atoms with van der Waals surface area (Å²) < 4.78 is 11.2. The van der Waals surface area contributed by atoms with Crippen LogP contribution in [-0.2, 0) is 19.1 Å². The van der Waals surface area contributed by atoms with E-state index in [2.05, 4.69) is 190 Å². The molecular formula is C56H102N16O4. The van der Waals surface area contributed by atoms with Gasteiger partial charge in [0.25, 0.3) is 0 Å². The van der Waals surface area contributed by atoms with Crippen molar-refractivity contribution < 1.29 is 19.1 Å². The second-order valence-electron chi connectivity index (χ2n) is 28.3. The molecule has 6 rings (SSSR count). The second kappa shape index (κ2) is 23.1. The molecule has 0 saturated carbocycles. The Morgan fingerprint density at radius 3 is 0.829 bits per heavy atom. The van der Waals surface area contributed by atoms with Gasteiger partial charge in [0.2, 0.25) is 35.7 Å². The van der Waals surface area contributed by atoms with E-state index in [-0.39, 0.29) is 106 Å². The number of hydrogen-bond donors (Lipinski definition) is 6. The van der Waals surface area contributed by atoms with Gasteiger partial charge in [0.15, 0.2) is 0 Å². The Morgan fingerprint density at radius 1 is 0.408 bits per heavy atom. The van der Waals surface area contributed by atoms with Crippen LogP contribution in [0.5, 0.6) is 0 Å². The first-order valence-corrected chi connectivity index (χ1v) is 28.3. The van der Waals surface area contributed by atoms with Gasteiger partial charge in [-0.1, -0.05) is 0 Å². The van der Waals surface area contributed by atoms with Crippen LogP contribution < -0.4 is 51.5 Å². The summed E-state index contributed by atoms with van der Waals surface area (Å²) in [6.07, 6.45) is 8.89. The summed E-state index contributed by atoms with van der Waals surface area (Å²) in [6.45, 7) is 36.9. The van der Waals surface area contributed by atoms with Gasteiger partial charge in [-0.2, -0.15) is 29.9 Å². The SMILES string of the molecule is CN(c1nc(NCCOC(=O)CCCCC(=O)OCCNc2nc(N(C)C3CC(C)(C)NC(C)(C)C3)nc(N(C)C3CC(C)(C)NC(C)(C)C3)n2)nc(N(C)C2CC(C)(C)NC(C)(C)C2)n1)C1CC(C)(C)NC(C)(C)C1. The lowest BCUT2D eigenvalue weighted by molar-refractivity contribution is -0.145. The molecule has 0 bridgehead atoms. The molecule has 6 N–H and O–H groups in total. The lowest BCUT2D eigenvalue weighted by atomic mass is 9.79. The van der Waals surface area contributed by atoms with Crippen molar-refractivity contribution in [2.24, 2.45) is 0 Å². The molecule has 2 aromatic rings. The first-order valence-electron chi connectivity index (χ1n) is 28.3. The minimum absolute atomic E-state index is 0.0541. The van der Waals surface area contributed by atoms with Gasteiger partial charge >= 0.3 is 11.9 Å². The van der Waals surface area contributed by atoms with Crippen LogP contribution in [0.25, 0.3) is 0 Å². The zero-order valence-corrected chi connectivity index (χ0v) is 50.7. The average Bonchev–Trinajstić information content (AvgIpc) is 3.25. The second-order valence-corrected chi connectivity index (χ2v) is 28.3. The minimum Gasteiger partial charge on any atom is -0.464 e. The molecule has 0 spiro atoms. The van der Waals surface area contributed by atoms with Crippen molar-refractivity contribution in [2.45, 2.75) is 256 Å². The maximum absolute atomic E-state index is 12.9. The topological polar surface area (TPSA) is 215 Å². The number of nitrogens with one attached hydrogen (secondary N) is 6. The van der Waals surface area contributed by atoms with Gasteiger partial charge < -0.3 is 61.0 Å². The Bertz CT molecular complexity index is 1960. The summed E-state index contributed by atoms with van der Waals surface area (Å²) >= 11 is 0. The highest BCUT2D eigenvalue weighted by Crippen LogP contribution is 2.38. The zero-order valence-electron chi connectivity index (χ0n) is 50.7. The molecule has 2 aromatic heterocycles. The van der Waals surface area contributed by atoms with Crippen LogP contribution in [-0.4, -0.2) is 165 Å². The molecule has 20 heteroatoms. The largest absolute Gasteiger partial charge is 0.464 e. The smallest absolute Gasteiger partial charge is 0.305 e. The van der Waals surface area contributed by atoms with E-state index in [0.717, 1.165) is 51.4 Å². The summed E-state index contributed by atoms with van der Waals surface area (Å²) in [5.41, 5.74) is -0.433. The maximum Gasteiger partial charge on any atom is 0.305 e. The van der Waals surface area contributed by atoms with Crippen LogP contribution in [0.4, 0.5) is 35.7 Å².